The minimum absolute atomic E-state index is 0.203. The van der Waals surface area contributed by atoms with Crippen molar-refractivity contribution in [3.8, 4) is 6.07 Å². The van der Waals surface area contributed by atoms with Gasteiger partial charge in [0.1, 0.15) is 0 Å². The van der Waals surface area contributed by atoms with Gasteiger partial charge in [-0.25, -0.2) is 0 Å². The third kappa shape index (κ3) is 2.82. The predicted molar refractivity (Wildman–Crippen MR) is 61.7 cm³/mol. The van der Waals surface area contributed by atoms with E-state index in [1.165, 1.54) is 12.8 Å². The van der Waals surface area contributed by atoms with Crippen molar-refractivity contribution in [1.82, 2.24) is 4.90 Å². The van der Waals surface area contributed by atoms with Crippen molar-refractivity contribution < 1.29 is 5.11 Å². The van der Waals surface area contributed by atoms with Gasteiger partial charge in [0, 0.05) is 19.1 Å². The predicted octanol–water partition coefficient (Wildman–Crippen LogP) is 1.51. The Kier molecular flexibility index (Phi) is 3.55. The zero-order valence-corrected chi connectivity index (χ0v) is 9.26. The largest absolute Gasteiger partial charge is 0.395 e. The van der Waals surface area contributed by atoms with Gasteiger partial charge in [-0.1, -0.05) is 12.1 Å². The topological polar surface area (TPSA) is 47.3 Å². The summed E-state index contributed by atoms with van der Waals surface area (Å²) in [5.74, 6) is 0. The van der Waals surface area contributed by atoms with Gasteiger partial charge in [-0.15, -0.1) is 0 Å². The van der Waals surface area contributed by atoms with Crippen LogP contribution in [0.5, 0.6) is 0 Å². The lowest BCUT2D eigenvalue weighted by atomic mass is 10.1. The van der Waals surface area contributed by atoms with E-state index in [2.05, 4.69) is 11.0 Å². The van der Waals surface area contributed by atoms with Crippen molar-refractivity contribution in [1.29, 1.82) is 5.26 Å². The Labute approximate surface area is 95.9 Å². The van der Waals surface area contributed by atoms with Crippen LogP contribution in [0.4, 0.5) is 0 Å². The highest BCUT2D eigenvalue weighted by Gasteiger charge is 2.28. The fraction of sp³-hybridized carbons (Fsp3) is 0.462. The molecule has 3 nitrogen and oxygen atoms in total. The van der Waals surface area contributed by atoms with Crippen LogP contribution in [0.1, 0.15) is 24.0 Å². The van der Waals surface area contributed by atoms with E-state index in [4.69, 9.17) is 10.4 Å². The Hall–Kier alpha value is -1.37. The molecule has 1 aromatic carbocycles. The van der Waals surface area contributed by atoms with Crippen molar-refractivity contribution in [2.45, 2.75) is 25.4 Å². The van der Waals surface area contributed by atoms with E-state index >= 15 is 0 Å². The number of hydrogen-bond acceptors (Lipinski definition) is 3. The molecule has 16 heavy (non-hydrogen) atoms. The highest BCUT2D eigenvalue weighted by atomic mass is 16.3. The maximum Gasteiger partial charge on any atom is 0.0991 e. The van der Waals surface area contributed by atoms with Crippen molar-refractivity contribution in [2.75, 3.05) is 13.2 Å². The van der Waals surface area contributed by atoms with E-state index < -0.39 is 0 Å². The van der Waals surface area contributed by atoms with Crippen LogP contribution in [0.25, 0.3) is 0 Å². The Morgan fingerprint density at radius 2 is 2.25 bits per heavy atom. The molecule has 0 atom stereocenters. The van der Waals surface area contributed by atoms with Gasteiger partial charge in [0.05, 0.1) is 18.2 Å². The van der Waals surface area contributed by atoms with Crippen LogP contribution in [-0.2, 0) is 6.54 Å². The van der Waals surface area contributed by atoms with Crippen molar-refractivity contribution >= 4 is 0 Å². The van der Waals surface area contributed by atoms with E-state index in [0.29, 0.717) is 11.6 Å². The third-order valence-corrected chi connectivity index (χ3v) is 2.89. The van der Waals surface area contributed by atoms with Crippen LogP contribution < -0.4 is 0 Å². The van der Waals surface area contributed by atoms with E-state index in [1.807, 2.05) is 24.3 Å². The second kappa shape index (κ2) is 5.11. The minimum atomic E-state index is 0.203. The molecule has 0 bridgehead atoms. The van der Waals surface area contributed by atoms with Crippen molar-refractivity contribution in [3.63, 3.8) is 0 Å². The van der Waals surface area contributed by atoms with Gasteiger partial charge in [0.15, 0.2) is 0 Å². The molecular formula is C13H16N2O. The maximum absolute atomic E-state index is 9.00. The summed E-state index contributed by atoms with van der Waals surface area (Å²) in [5, 5.41) is 17.8. The summed E-state index contributed by atoms with van der Waals surface area (Å²) < 4.78 is 0. The molecule has 1 aromatic rings. The lowest BCUT2D eigenvalue weighted by molar-refractivity contribution is 0.183. The van der Waals surface area contributed by atoms with Crippen LogP contribution in [-0.4, -0.2) is 29.2 Å². The zero-order valence-electron chi connectivity index (χ0n) is 9.26. The molecule has 1 aliphatic rings. The molecule has 0 spiro atoms. The fourth-order valence-corrected chi connectivity index (χ4v) is 1.93. The molecule has 0 unspecified atom stereocenters. The highest BCUT2D eigenvalue weighted by molar-refractivity contribution is 5.32. The average Bonchev–Trinajstić information content (AvgIpc) is 3.13. The zero-order chi connectivity index (χ0) is 11.4. The van der Waals surface area contributed by atoms with Gasteiger partial charge in [-0.05, 0) is 30.5 Å². The summed E-state index contributed by atoms with van der Waals surface area (Å²) in [7, 11) is 0. The lowest BCUT2D eigenvalue weighted by Gasteiger charge is -2.20. The van der Waals surface area contributed by atoms with Gasteiger partial charge < -0.3 is 5.11 Å². The molecule has 2 rings (SSSR count). The van der Waals surface area contributed by atoms with Crippen LogP contribution in [0, 0.1) is 11.3 Å². The fourth-order valence-electron chi connectivity index (χ4n) is 1.93. The molecule has 1 fully saturated rings. The van der Waals surface area contributed by atoms with Crippen molar-refractivity contribution in [2.24, 2.45) is 0 Å². The van der Waals surface area contributed by atoms with Gasteiger partial charge in [-0.3, -0.25) is 4.90 Å². The molecule has 0 saturated heterocycles. The lowest BCUT2D eigenvalue weighted by Crippen LogP contribution is -2.28. The monoisotopic (exact) mass is 216 g/mol. The highest BCUT2D eigenvalue weighted by Crippen LogP contribution is 2.27. The Morgan fingerprint density at radius 3 is 2.88 bits per heavy atom. The number of aliphatic hydroxyl groups excluding tert-OH is 1. The van der Waals surface area contributed by atoms with E-state index in [1.54, 1.807) is 0 Å². The number of benzene rings is 1. The summed E-state index contributed by atoms with van der Waals surface area (Å²) in [6.45, 7) is 1.76. The van der Waals surface area contributed by atoms with Gasteiger partial charge in [-0.2, -0.15) is 5.26 Å². The summed E-state index contributed by atoms with van der Waals surface area (Å²) in [6.07, 6.45) is 2.47. The van der Waals surface area contributed by atoms with Crippen LogP contribution >= 0.6 is 0 Å². The number of nitrogens with zero attached hydrogens (tertiary/aromatic N) is 2. The SMILES string of the molecule is N#Cc1cccc(CN(CCO)C2CC2)c1. The first-order valence-electron chi connectivity index (χ1n) is 5.67. The average molecular weight is 216 g/mol. The number of aliphatic hydroxyl groups is 1. The molecule has 1 saturated carbocycles. The molecule has 0 amide bonds. The molecule has 0 aliphatic heterocycles. The summed E-state index contributed by atoms with van der Waals surface area (Å²) >= 11 is 0. The normalized spacial score (nSPS) is 15.1. The Morgan fingerprint density at radius 1 is 1.44 bits per heavy atom. The van der Waals surface area contributed by atoms with Gasteiger partial charge >= 0.3 is 0 Å². The molecule has 0 heterocycles. The standard InChI is InChI=1S/C13H16N2O/c14-9-11-2-1-3-12(8-11)10-15(6-7-16)13-4-5-13/h1-3,8,13,16H,4-7,10H2. The van der Waals surface area contributed by atoms with Gasteiger partial charge in [0.25, 0.3) is 0 Å². The first-order chi connectivity index (χ1) is 7.83. The summed E-state index contributed by atoms with van der Waals surface area (Å²) in [6, 6.07) is 10.5. The molecule has 0 radical (unpaired) electrons. The van der Waals surface area contributed by atoms with Crippen molar-refractivity contribution in [3.05, 3.63) is 35.4 Å². The number of rotatable bonds is 5. The first-order valence-corrected chi connectivity index (χ1v) is 5.67. The molecule has 84 valence electrons. The van der Waals surface area contributed by atoms with Crippen LogP contribution in [0.2, 0.25) is 0 Å². The maximum atomic E-state index is 9.00. The Bertz CT molecular complexity index is 393. The Balaban J connectivity index is 2.03. The molecule has 3 heteroatoms. The quantitative estimate of drug-likeness (QED) is 0.811. The second-order valence-corrected chi connectivity index (χ2v) is 4.24. The van der Waals surface area contributed by atoms with E-state index in [9.17, 15) is 0 Å². The molecule has 0 aromatic heterocycles. The van der Waals surface area contributed by atoms with Gasteiger partial charge in [0.2, 0.25) is 0 Å². The molecular weight excluding hydrogens is 200 g/mol. The molecule has 1 N–H and O–H groups in total. The number of nitriles is 1. The summed E-state index contributed by atoms with van der Waals surface area (Å²) in [5.41, 5.74) is 1.86. The number of hydrogen-bond donors (Lipinski definition) is 1. The van der Waals surface area contributed by atoms with Crippen LogP contribution in [0.15, 0.2) is 24.3 Å². The van der Waals surface area contributed by atoms with E-state index in [-0.39, 0.29) is 6.61 Å². The molecule has 1 aliphatic carbocycles. The van der Waals surface area contributed by atoms with Crippen LogP contribution in [0.3, 0.4) is 0 Å². The third-order valence-electron chi connectivity index (χ3n) is 2.89. The summed E-state index contributed by atoms with van der Waals surface area (Å²) in [4.78, 5) is 2.29. The smallest absolute Gasteiger partial charge is 0.0991 e. The van der Waals surface area contributed by atoms with E-state index in [0.717, 1.165) is 18.7 Å². The first kappa shape index (κ1) is 11.1. The second-order valence-electron chi connectivity index (χ2n) is 4.24. The minimum Gasteiger partial charge on any atom is -0.395 e.